The van der Waals surface area contributed by atoms with E-state index in [9.17, 15) is 18.0 Å². The van der Waals surface area contributed by atoms with Gasteiger partial charge in [0.2, 0.25) is 0 Å². The number of hydrogen-bond donors (Lipinski definition) is 2. The Bertz CT molecular complexity index is 519. The molecule has 1 unspecified atom stereocenters. The van der Waals surface area contributed by atoms with Crippen molar-refractivity contribution in [3.8, 4) is 0 Å². The number of pyridine rings is 1. The molecule has 1 saturated heterocycles. The SMILES string of the molecule is Nc1cnc(N2CCCC(C(F)(F)F)C2)c(C(=O)O)c1. The van der Waals surface area contributed by atoms with Crippen LogP contribution in [0.3, 0.4) is 0 Å². The number of hydrogen-bond acceptors (Lipinski definition) is 4. The highest BCUT2D eigenvalue weighted by Gasteiger charge is 2.42. The molecule has 5 nitrogen and oxygen atoms in total. The average molecular weight is 289 g/mol. The van der Waals surface area contributed by atoms with E-state index in [1.807, 2.05) is 0 Å². The van der Waals surface area contributed by atoms with Gasteiger partial charge < -0.3 is 15.7 Å². The van der Waals surface area contributed by atoms with Gasteiger partial charge in [-0.15, -0.1) is 0 Å². The van der Waals surface area contributed by atoms with Crippen molar-refractivity contribution in [3.63, 3.8) is 0 Å². The summed E-state index contributed by atoms with van der Waals surface area (Å²) in [6.07, 6.45) is -2.64. The third kappa shape index (κ3) is 2.94. The maximum absolute atomic E-state index is 12.8. The lowest BCUT2D eigenvalue weighted by Crippen LogP contribution is -2.42. The molecule has 1 aromatic heterocycles. The number of rotatable bonds is 2. The van der Waals surface area contributed by atoms with Gasteiger partial charge in [0.1, 0.15) is 11.4 Å². The Morgan fingerprint density at radius 1 is 1.50 bits per heavy atom. The number of nitrogens with zero attached hydrogens (tertiary/aromatic N) is 2. The summed E-state index contributed by atoms with van der Waals surface area (Å²) < 4.78 is 38.3. The molecule has 2 rings (SSSR count). The van der Waals surface area contributed by atoms with Crippen LogP contribution >= 0.6 is 0 Å². The van der Waals surface area contributed by atoms with Crippen LogP contribution in [0, 0.1) is 5.92 Å². The lowest BCUT2D eigenvalue weighted by Gasteiger charge is -2.35. The second-order valence-corrected chi connectivity index (χ2v) is 4.77. The van der Waals surface area contributed by atoms with Crippen molar-refractivity contribution in [2.45, 2.75) is 19.0 Å². The summed E-state index contributed by atoms with van der Waals surface area (Å²) in [5, 5.41) is 9.10. The van der Waals surface area contributed by atoms with Gasteiger partial charge in [-0.25, -0.2) is 9.78 Å². The van der Waals surface area contributed by atoms with Crippen molar-refractivity contribution < 1.29 is 23.1 Å². The number of nitrogens with two attached hydrogens (primary N) is 1. The fraction of sp³-hybridized carbons (Fsp3) is 0.500. The molecule has 1 fully saturated rings. The van der Waals surface area contributed by atoms with Crippen molar-refractivity contribution in [1.82, 2.24) is 4.98 Å². The van der Waals surface area contributed by atoms with E-state index in [1.165, 1.54) is 17.2 Å². The van der Waals surface area contributed by atoms with E-state index >= 15 is 0 Å². The number of anilines is 2. The Kier molecular flexibility index (Phi) is 3.74. The van der Waals surface area contributed by atoms with E-state index in [-0.39, 0.29) is 30.0 Å². The van der Waals surface area contributed by atoms with Gasteiger partial charge in [-0.3, -0.25) is 0 Å². The summed E-state index contributed by atoms with van der Waals surface area (Å²) in [5.41, 5.74) is 5.46. The second-order valence-electron chi connectivity index (χ2n) is 4.77. The van der Waals surface area contributed by atoms with E-state index in [1.54, 1.807) is 0 Å². The van der Waals surface area contributed by atoms with Crippen molar-refractivity contribution in [1.29, 1.82) is 0 Å². The van der Waals surface area contributed by atoms with Crippen LogP contribution in [-0.4, -0.2) is 35.3 Å². The normalized spacial score (nSPS) is 19.9. The van der Waals surface area contributed by atoms with E-state index in [0.29, 0.717) is 13.0 Å². The summed E-state index contributed by atoms with van der Waals surface area (Å²) in [4.78, 5) is 16.4. The molecule has 110 valence electrons. The Hall–Kier alpha value is -1.99. The van der Waals surface area contributed by atoms with Crippen LogP contribution in [0.2, 0.25) is 0 Å². The second kappa shape index (κ2) is 5.18. The largest absolute Gasteiger partial charge is 0.478 e. The monoisotopic (exact) mass is 289 g/mol. The van der Waals surface area contributed by atoms with Crippen LogP contribution in [0.5, 0.6) is 0 Å². The molecule has 1 aromatic rings. The standard InChI is InChI=1S/C12H14F3N3O2/c13-12(14,15)7-2-1-3-18(6-7)10-9(11(19)20)4-8(16)5-17-10/h4-5,7H,1-3,6,16H2,(H,19,20). The summed E-state index contributed by atoms with van der Waals surface area (Å²) in [6, 6.07) is 1.21. The third-order valence-electron chi connectivity index (χ3n) is 3.30. The Morgan fingerprint density at radius 2 is 2.20 bits per heavy atom. The van der Waals surface area contributed by atoms with Gasteiger partial charge in [0.25, 0.3) is 0 Å². The van der Waals surface area contributed by atoms with Gasteiger partial charge in [-0.2, -0.15) is 13.2 Å². The number of alkyl halides is 3. The molecule has 0 radical (unpaired) electrons. The van der Waals surface area contributed by atoms with Crippen molar-refractivity contribution in [2.75, 3.05) is 23.7 Å². The fourth-order valence-electron chi connectivity index (χ4n) is 2.32. The Balaban J connectivity index is 2.29. The first-order valence-electron chi connectivity index (χ1n) is 6.09. The van der Waals surface area contributed by atoms with E-state index in [2.05, 4.69) is 4.98 Å². The van der Waals surface area contributed by atoms with Gasteiger partial charge in [0, 0.05) is 13.1 Å². The fourth-order valence-corrected chi connectivity index (χ4v) is 2.32. The van der Waals surface area contributed by atoms with Crippen LogP contribution in [0.25, 0.3) is 0 Å². The van der Waals surface area contributed by atoms with Crippen molar-refractivity contribution in [2.24, 2.45) is 5.92 Å². The minimum Gasteiger partial charge on any atom is -0.478 e. The highest BCUT2D eigenvalue weighted by molar-refractivity contribution is 5.94. The Labute approximate surface area is 113 Å². The van der Waals surface area contributed by atoms with Gasteiger partial charge >= 0.3 is 12.1 Å². The van der Waals surface area contributed by atoms with Gasteiger partial charge in [0.15, 0.2) is 0 Å². The molecular weight excluding hydrogens is 275 g/mol. The van der Waals surface area contributed by atoms with Crippen molar-refractivity contribution >= 4 is 17.5 Å². The summed E-state index contributed by atoms with van der Waals surface area (Å²) in [7, 11) is 0. The van der Waals surface area contributed by atoms with Crippen molar-refractivity contribution in [3.05, 3.63) is 17.8 Å². The summed E-state index contributed by atoms with van der Waals surface area (Å²) >= 11 is 0. The molecule has 0 bridgehead atoms. The number of nitrogen functional groups attached to an aromatic ring is 1. The molecule has 20 heavy (non-hydrogen) atoms. The molecule has 2 heterocycles. The lowest BCUT2D eigenvalue weighted by molar-refractivity contribution is -0.176. The van der Waals surface area contributed by atoms with E-state index in [0.717, 1.165) is 0 Å². The molecule has 3 N–H and O–H groups in total. The predicted octanol–water partition coefficient (Wildman–Crippen LogP) is 2.14. The number of carbonyl (C=O) groups is 1. The zero-order valence-corrected chi connectivity index (χ0v) is 10.5. The van der Waals surface area contributed by atoms with Gasteiger partial charge in [0.05, 0.1) is 17.8 Å². The maximum Gasteiger partial charge on any atom is 0.393 e. The highest BCUT2D eigenvalue weighted by Crippen LogP contribution is 2.35. The number of aromatic nitrogens is 1. The van der Waals surface area contributed by atoms with E-state index < -0.39 is 18.1 Å². The van der Waals surface area contributed by atoms with Crippen LogP contribution in [0.15, 0.2) is 12.3 Å². The third-order valence-corrected chi connectivity index (χ3v) is 3.30. The number of carboxylic acid groups (broad SMARTS) is 1. The van der Waals surface area contributed by atoms with Gasteiger partial charge in [-0.1, -0.05) is 0 Å². The topological polar surface area (TPSA) is 79.5 Å². The van der Waals surface area contributed by atoms with Crippen LogP contribution < -0.4 is 10.6 Å². The predicted molar refractivity (Wildman–Crippen MR) is 66.6 cm³/mol. The molecule has 0 spiro atoms. The lowest BCUT2D eigenvalue weighted by atomic mass is 9.97. The number of piperidine rings is 1. The molecule has 0 aliphatic carbocycles. The number of aromatic carboxylic acids is 1. The molecule has 8 heteroatoms. The molecule has 1 aliphatic heterocycles. The number of carboxylic acids is 1. The average Bonchev–Trinajstić information content (AvgIpc) is 2.37. The summed E-state index contributed by atoms with van der Waals surface area (Å²) in [6.45, 7) is 0.0739. The van der Waals surface area contributed by atoms with Crippen LogP contribution in [-0.2, 0) is 0 Å². The Morgan fingerprint density at radius 3 is 2.80 bits per heavy atom. The first kappa shape index (κ1) is 14.4. The van der Waals surface area contributed by atoms with E-state index in [4.69, 9.17) is 10.8 Å². The minimum atomic E-state index is -4.28. The molecule has 1 aliphatic rings. The number of halogens is 3. The minimum absolute atomic E-state index is 0.0423. The van der Waals surface area contributed by atoms with Gasteiger partial charge in [-0.05, 0) is 18.9 Å². The molecule has 0 aromatic carbocycles. The maximum atomic E-state index is 12.8. The smallest absolute Gasteiger partial charge is 0.393 e. The molecule has 1 atom stereocenters. The highest BCUT2D eigenvalue weighted by atomic mass is 19.4. The first-order valence-corrected chi connectivity index (χ1v) is 6.09. The quantitative estimate of drug-likeness (QED) is 0.872. The molecule has 0 amide bonds. The zero-order valence-electron chi connectivity index (χ0n) is 10.5. The summed E-state index contributed by atoms with van der Waals surface area (Å²) in [5.74, 6) is -2.67. The van der Waals surface area contributed by atoms with Crippen LogP contribution in [0.1, 0.15) is 23.2 Å². The molecule has 0 saturated carbocycles. The zero-order chi connectivity index (χ0) is 14.9. The first-order chi connectivity index (χ1) is 9.29. The van der Waals surface area contributed by atoms with Crippen LogP contribution in [0.4, 0.5) is 24.7 Å². The molecular formula is C12H14F3N3O2.